The van der Waals surface area contributed by atoms with Gasteiger partial charge in [-0.1, -0.05) is 43.7 Å². The number of halogens is 1. The third-order valence-electron chi connectivity index (χ3n) is 6.32. The Balaban J connectivity index is 0.00000300. The van der Waals surface area contributed by atoms with Gasteiger partial charge >= 0.3 is 0 Å². The molecule has 1 aliphatic heterocycles. The Morgan fingerprint density at radius 3 is 2.45 bits per heavy atom. The number of nitrogens with one attached hydrogen (secondary N) is 2. The number of hydrogen-bond acceptors (Lipinski definition) is 3. The molecule has 0 bridgehead atoms. The van der Waals surface area contributed by atoms with Crippen molar-refractivity contribution >= 4 is 35.8 Å². The van der Waals surface area contributed by atoms with Gasteiger partial charge < -0.3 is 20.3 Å². The monoisotopic (exact) mass is 514 g/mol. The number of nitrogens with zero attached hydrogens (tertiary/aromatic N) is 2. The summed E-state index contributed by atoms with van der Waals surface area (Å²) >= 11 is 0. The van der Waals surface area contributed by atoms with Crippen LogP contribution in [0.3, 0.4) is 0 Å². The fraction of sp³-hybridized carbons (Fsp3) is 0.636. The van der Waals surface area contributed by atoms with Crippen LogP contribution < -0.4 is 10.6 Å². The highest BCUT2D eigenvalue weighted by Crippen LogP contribution is 2.42. The minimum Gasteiger partial charge on any atom is -0.378 e. The second kappa shape index (κ2) is 11.7. The van der Waals surface area contributed by atoms with Crippen molar-refractivity contribution in [2.24, 2.45) is 10.4 Å². The van der Waals surface area contributed by atoms with Gasteiger partial charge in [-0.25, -0.2) is 0 Å². The standard InChI is InChI=1S/C22H34N4O2.HI/c1-3-22(10-7-11-22)17-25-21(23-2)24-16-19(18-8-5-4-6-9-18)20(27)26-12-14-28-15-13-26;/h4-6,8-9,19H,3,7,10-17H2,1-2H3,(H2,23,24,25);1H. The number of hydrogen-bond donors (Lipinski definition) is 2. The topological polar surface area (TPSA) is 66.0 Å². The zero-order valence-electron chi connectivity index (χ0n) is 17.7. The second-order valence-corrected chi connectivity index (χ2v) is 7.91. The van der Waals surface area contributed by atoms with Crippen molar-refractivity contribution in [1.82, 2.24) is 15.5 Å². The lowest BCUT2D eigenvalue weighted by Crippen LogP contribution is -2.49. The number of rotatable bonds is 7. The molecule has 162 valence electrons. The molecule has 1 aromatic carbocycles. The molecular weight excluding hydrogens is 479 g/mol. The zero-order valence-corrected chi connectivity index (χ0v) is 20.0. The molecule has 1 aliphatic carbocycles. The molecule has 7 heteroatoms. The van der Waals surface area contributed by atoms with Crippen molar-refractivity contribution in [3.05, 3.63) is 35.9 Å². The number of aliphatic imine (C=N–C) groups is 1. The summed E-state index contributed by atoms with van der Waals surface area (Å²) in [5, 5.41) is 6.88. The third-order valence-corrected chi connectivity index (χ3v) is 6.32. The minimum atomic E-state index is -0.235. The molecule has 2 N–H and O–H groups in total. The van der Waals surface area contributed by atoms with Gasteiger partial charge in [-0.2, -0.15) is 0 Å². The van der Waals surface area contributed by atoms with E-state index in [4.69, 9.17) is 4.74 Å². The molecule has 3 rings (SSSR count). The van der Waals surface area contributed by atoms with E-state index < -0.39 is 0 Å². The van der Waals surface area contributed by atoms with Gasteiger partial charge in [0.25, 0.3) is 0 Å². The predicted octanol–water partition coefficient (Wildman–Crippen LogP) is 2.99. The van der Waals surface area contributed by atoms with Gasteiger partial charge in [0, 0.05) is 33.2 Å². The summed E-state index contributed by atoms with van der Waals surface area (Å²) < 4.78 is 5.40. The highest BCUT2D eigenvalue weighted by Gasteiger charge is 2.35. The van der Waals surface area contributed by atoms with E-state index in [1.165, 1.54) is 25.7 Å². The Labute approximate surface area is 191 Å². The molecular formula is C22H35IN4O2. The van der Waals surface area contributed by atoms with Crippen molar-refractivity contribution in [2.45, 2.75) is 38.5 Å². The molecule has 1 saturated carbocycles. The van der Waals surface area contributed by atoms with Crippen LogP contribution in [0.4, 0.5) is 0 Å². The number of carbonyl (C=O) groups excluding carboxylic acids is 1. The molecule has 2 aliphatic rings. The lowest BCUT2D eigenvalue weighted by molar-refractivity contribution is -0.136. The molecule has 0 radical (unpaired) electrons. The van der Waals surface area contributed by atoms with Crippen LogP contribution in [-0.4, -0.2) is 63.2 Å². The van der Waals surface area contributed by atoms with Gasteiger partial charge in [0.2, 0.25) is 5.91 Å². The van der Waals surface area contributed by atoms with Gasteiger partial charge in [0.05, 0.1) is 19.1 Å². The number of benzene rings is 1. The molecule has 1 heterocycles. The van der Waals surface area contributed by atoms with E-state index in [1.807, 2.05) is 35.2 Å². The number of ether oxygens (including phenoxy) is 1. The van der Waals surface area contributed by atoms with Crippen LogP contribution in [0.15, 0.2) is 35.3 Å². The van der Waals surface area contributed by atoms with Crippen molar-refractivity contribution in [1.29, 1.82) is 0 Å². The lowest BCUT2D eigenvalue weighted by atomic mass is 9.67. The Morgan fingerprint density at radius 1 is 1.21 bits per heavy atom. The largest absolute Gasteiger partial charge is 0.378 e. The second-order valence-electron chi connectivity index (χ2n) is 7.91. The summed E-state index contributed by atoms with van der Waals surface area (Å²) in [6.45, 7) is 6.29. The molecule has 0 aromatic heterocycles. The first kappa shape index (κ1) is 23.9. The lowest BCUT2D eigenvalue weighted by Gasteiger charge is -2.41. The fourth-order valence-electron chi connectivity index (χ4n) is 4.06. The smallest absolute Gasteiger partial charge is 0.232 e. The van der Waals surface area contributed by atoms with Crippen LogP contribution >= 0.6 is 24.0 Å². The van der Waals surface area contributed by atoms with Gasteiger partial charge in [-0.15, -0.1) is 24.0 Å². The summed E-state index contributed by atoms with van der Waals surface area (Å²) in [6.07, 6.45) is 5.09. The summed E-state index contributed by atoms with van der Waals surface area (Å²) in [6, 6.07) is 10.0. The molecule has 1 aromatic rings. The van der Waals surface area contributed by atoms with E-state index in [2.05, 4.69) is 22.5 Å². The number of carbonyl (C=O) groups is 1. The van der Waals surface area contributed by atoms with E-state index in [-0.39, 0.29) is 35.8 Å². The first-order valence-electron chi connectivity index (χ1n) is 10.5. The predicted molar refractivity (Wildman–Crippen MR) is 128 cm³/mol. The van der Waals surface area contributed by atoms with E-state index >= 15 is 0 Å². The summed E-state index contributed by atoms with van der Waals surface area (Å²) in [7, 11) is 1.79. The summed E-state index contributed by atoms with van der Waals surface area (Å²) in [5.41, 5.74) is 1.45. The number of morpholine rings is 1. The van der Waals surface area contributed by atoms with Gasteiger partial charge in [0.15, 0.2) is 5.96 Å². The molecule has 29 heavy (non-hydrogen) atoms. The molecule has 0 spiro atoms. The average molecular weight is 514 g/mol. The maximum atomic E-state index is 13.2. The molecule has 1 saturated heterocycles. The van der Waals surface area contributed by atoms with Crippen molar-refractivity contribution in [3.63, 3.8) is 0 Å². The van der Waals surface area contributed by atoms with Crippen molar-refractivity contribution < 1.29 is 9.53 Å². The van der Waals surface area contributed by atoms with Crippen LogP contribution in [0.1, 0.15) is 44.1 Å². The SMILES string of the molecule is CCC1(CNC(=NC)NCC(C(=O)N2CCOCC2)c2ccccc2)CCC1.I. The van der Waals surface area contributed by atoms with Crippen molar-refractivity contribution in [3.8, 4) is 0 Å². The maximum Gasteiger partial charge on any atom is 0.232 e. The summed E-state index contributed by atoms with van der Waals surface area (Å²) in [5.74, 6) is 0.693. The Kier molecular flexibility index (Phi) is 9.68. The highest BCUT2D eigenvalue weighted by molar-refractivity contribution is 14.0. The molecule has 1 atom stereocenters. The van der Waals surface area contributed by atoms with Crippen LogP contribution in [-0.2, 0) is 9.53 Å². The van der Waals surface area contributed by atoms with E-state index in [9.17, 15) is 4.79 Å². The van der Waals surface area contributed by atoms with E-state index in [0.29, 0.717) is 38.3 Å². The Hall–Kier alpha value is -1.35. The normalized spacial score (nSPS) is 19.5. The quantitative estimate of drug-likeness (QED) is 0.334. The zero-order chi connectivity index (χ0) is 19.8. The van der Waals surface area contributed by atoms with E-state index in [0.717, 1.165) is 18.1 Å². The Morgan fingerprint density at radius 2 is 1.90 bits per heavy atom. The fourth-order valence-corrected chi connectivity index (χ4v) is 4.06. The Bertz CT molecular complexity index is 653. The minimum absolute atomic E-state index is 0. The number of amides is 1. The van der Waals surface area contributed by atoms with Crippen LogP contribution in [0.25, 0.3) is 0 Å². The average Bonchev–Trinajstić information content (AvgIpc) is 2.73. The van der Waals surface area contributed by atoms with Gasteiger partial charge in [-0.3, -0.25) is 9.79 Å². The van der Waals surface area contributed by atoms with E-state index in [1.54, 1.807) is 7.05 Å². The first-order chi connectivity index (χ1) is 13.7. The van der Waals surface area contributed by atoms with Crippen LogP contribution in [0.2, 0.25) is 0 Å². The number of guanidine groups is 1. The van der Waals surface area contributed by atoms with Gasteiger partial charge in [0.1, 0.15) is 0 Å². The first-order valence-corrected chi connectivity index (χ1v) is 10.5. The summed E-state index contributed by atoms with van der Waals surface area (Å²) in [4.78, 5) is 19.5. The molecule has 6 nitrogen and oxygen atoms in total. The van der Waals surface area contributed by atoms with Crippen LogP contribution in [0.5, 0.6) is 0 Å². The highest BCUT2D eigenvalue weighted by atomic mass is 127. The van der Waals surface area contributed by atoms with Gasteiger partial charge in [-0.05, 0) is 30.2 Å². The molecule has 1 unspecified atom stereocenters. The molecule has 1 amide bonds. The van der Waals surface area contributed by atoms with Crippen molar-refractivity contribution in [2.75, 3.05) is 46.4 Å². The third kappa shape index (κ3) is 6.31. The maximum absolute atomic E-state index is 13.2. The van der Waals surface area contributed by atoms with Crippen LogP contribution in [0, 0.1) is 5.41 Å². The molecule has 2 fully saturated rings.